The second-order valence-electron chi connectivity index (χ2n) is 14.1. The maximum absolute atomic E-state index is 13.3. The maximum Gasteiger partial charge on any atom is 0.410 e. The molecule has 1 aromatic carbocycles. The van der Waals surface area contributed by atoms with Gasteiger partial charge in [-0.3, -0.25) is 0 Å². The van der Waals surface area contributed by atoms with Crippen LogP contribution in [-0.2, 0) is 23.7 Å². The van der Waals surface area contributed by atoms with Gasteiger partial charge in [-0.2, -0.15) is 0 Å². The lowest BCUT2D eigenvalue weighted by molar-refractivity contribution is -0.0441. The van der Waals surface area contributed by atoms with Gasteiger partial charge < -0.3 is 43.3 Å². The molecule has 0 N–H and O–H groups in total. The summed E-state index contributed by atoms with van der Waals surface area (Å²) in [6.07, 6.45) is -1.81. The summed E-state index contributed by atoms with van der Waals surface area (Å²) < 4.78 is 28.4. The maximum atomic E-state index is 13.3. The van der Waals surface area contributed by atoms with Crippen molar-refractivity contribution in [1.82, 2.24) is 14.7 Å². The number of hydrogen-bond donors (Lipinski definition) is 0. The first-order valence-corrected chi connectivity index (χ1v) is 15.4. The van der Waals surface area contributed by atoms with Crippen LogP contribution in [0.1, 0.15) is 74.2 Å². The van der Waals surface area contributed by atoms with E-state index in [0.717, 1.165) is 11.3 Å². The molecule has 0 atom stereocenters. The Bertz CT molecular complexity index is 1060. The fourth-order valence-electron chi connectivity index (χ4n) is 4.59. The average molecular weight is 621 g/mol. The van der Waals surface area contributed by atoms with E-state index >= 15 is 0 Å². The van der Waals surface area contributed by atoms with Crippen LogP contribution < -0.4 is 4.90 Å². The van der Waals surface area contributed by atoms with E-state index < -0.39 is 35.1 Å². The van der Waals surface area contributed by atoms with Gasteiger partial charge in [0.1, 0.15) is 16.8 Å². The molecule has 2 saturated heterocycles. The highest BCUT2D eigenvalue weighted by molar-refractivity contribution is 5.70. The molecular weight excluding hydrogens is 568 g/mol. The monoisotopic (exact) mass is 620 g/mol. The summed E-state index contributed by atoms with van der Waals surface area (Å²) in [6, 6.07) is 7.92. The zero-order chi connectivity index (χ0) is 32.7. The Morgan fingerprint density at radius 2 is 0.886 bits per heavy atom. The van der Waals surface area contributed by atoms with E-state index in [9.17, 15) is 14.4 Å². The largest absolute Gasteiger partial charge is 0.444 e. The Labute approximate surface area is 262 Å². The third-order valence-electron chi connectivity index (χ3n) is 6.67. The molecule has 44 heavy (non-hydrogen) atoms. The van der Waals surface area contributed by atoms with Crippen molar-refractivity contribution in [2.45, 2.75) is 85.4 Å². The number of carbonyl (C=O) groups is 3. The van der Waals surface area contributed by atoms with Gasteiger partial charge in [0, 0.05) is 63.6 Å². The second kappa shape index (κ2) is 14.7. The first-order valence-electron chi connectivity index (χ1n) is 15.4. The molecule has 3 amide bonds. The molecule has 2 aliphatic rings. The molecule has 12 heteroatoms. The van der Waals surface area contributed by atoms with Crippen molar-refractivity contribution in [2.75, 3.05) is 70.5 Å². The lowest BCUT2D eigenvalue weighted by Crippen LogP contribution is -2.51. The van der Waals surface area contributed by atoms with Gasteiger partial charge in [-0.15, -0.1) is 0 Å². The number of hydrogen-bond acceptors (Lipinski definition) is 9. The standard InChI is InChI=1S/C32H52N4O8/c1-30(2,3)42-27(37)34-16-14-33(25-12-10-24(11-13-25)26-40-22-23-41-26)15-17-35(28(38)43-31(4,5)6)19-21-36(20-18-34)29(39)44-32(7,8)9/h10-13,26H,14-23H2,1-9H3. The van der Waals surface area contributed by atoms with E-state index in [0.29, 0.717) is 39.4 Å². The number of carbonyl (C=O) groups excluding carboxylic acids is 3. The molecule has 2 aliphatic heterocycles. The molecule has 0 spiro atoms. The first-order chi connectivity index (χ1) is 20.4. The molecule has 2 fully saturated rings. The highest BCUT2D eigenvalue weighted by atomic mass is 16.7. The lowest BCUT2D eigenvalue weighted by atomic mass is 10.2. The van der Waals surface area contributed by atoms with E-state index in [1.54, 1.807) is 30.6 Å². The van der Waals surface area contributed by atoms with Crippen molar-refractivity contribution in [3.05, 3.63) is 29.8 Å². The molecule has 3 rings (SSSR count). The van der Waals surface area contributed by atoms with Gasteiger partial charge in [-0.25, -0.2) is 14.4 Å². The highest BCUT2D eigenvalue weighted by Crippen LogP contribution is 2.26. The van der Waals surface area contributed by atoms with Crippen LogP contribution in [0.15, 0.2) is 24.3 Å². The van der Waals surface area contributed by atoms with Gasteiger partial charge in [-0.05, 0) is 74.4 Å². The summed E-state index contributed by atoms with van der Waals surface area (Å²) in [7, 11) is 0. The summed E-state index contributed by atoms with van der Waals surface area (Å²) >= 11 is 0. The molecule has 1 aromatic rings. The van der Waals surface area contributed by atoms with Crippen LogP contribution >= 0.6 is 0 Å². The Hall–Kier alpha value is -3.25. The Morgan fingerprint density at radius 3 is 1.20 bits per heavy atom. The molecule has 12 nitrogen and oxygen atoms in total. The number of amides is 3. The fraction of sp³-hybridized carbons (Fsp3) is 0.719. The summed E-state index contributed by atoms with van der Waals surface area (Å²) in [4.78, 5) is 46.7. The van der Waals surface area contributed by atoms with Crippen LogP contribution in [0, 0.1) is 0 Å². The summed E-state index contributed by atoms with van der Waals surface area (Å²) in [5.74, 6) is 0. The van der Waals surface area contributed by atoms with Gasteiger partial charge in [0.2, 0.25) is 0 Å². The zero-order valence-corrected chi connectivity index (χ0v) is 28.0. The Balaban J connectivity index is 1.90. The highest BCUT2D eigenvalue weighted by Gasteiger charge is 2.30. The number of benzene rings is 1. The predicted molar refractivity (Wildman–Crippen MR) is 167 cm³/mol. The fourth-order valence-corrected chi connectivity index (χ4v) is 4.59. The number of anilines is 1. The van der Waals surface area contributed by atoms with Crippen LogP contribution in [-0.4, -0.2) is 115 Å². The van der Waals surface area contributed by atoms with Crippen molar-refractivity contribution in [3.8, 4) is 0 Å². The van der Waals surface area contributed by atoms with Crippen molar-refractivity contribution < 1.29 is 38.1 Å². The molecule has 0 saturated carbocycles. The average Bonchev–Trinajstić information content (AvgIpc) is 3.41. The molecule has 2 heterocycles. The van der Waals surface area contributed by atoms with Crippen LogP contribution in [0.5, 0.6) is 0 Å². The molecule has 248 valence electrons. The van der Waals surface area contributed by atoms with Crippen molar-refractivity contribution in [2.24, 2.45) is 0 Å². The smallest absolute Gasteiger partial charge is 0.410 e. The quantitative estimate of drug-likeness (QED) is 0.409. The van der Waals surface area contributed by atoms with Crippen LogP contribution in [0.25, 0.3) is 0 Å². The summed E-state index contributed by atoms with van der Waals surface area (Å²) in [5.41, 5.74) is -0.220. The summed E-state index contributed by atoms with van der Waals surface area (Å²) in [5, 5.41) is 0. The zero-order valence-electron chi connectivity index (χ0n) is 28.0. The first kappa shape index (κ1) is 35.2. The number of nitrogens with zero attached hydrogens (tertiary/aromatic N) is 4. The lowest BCUT2D eigenvalue weighted by Gasteiger charge is -2.36. The van der Waals surface area contributed by atoms with Gasteiger partial charge in [-0.1, -0.05) is 12.1 Å². The molecule has 0 aliphatic carbocycles. The number of ether oxygens (including phenoxy) is 5. The van der Waals surface area contributed by atoms with E-state index in [1.165, 1.54) is 4.90 Å². The third kappa shape index (κ3) is 11.7. The molecule has 0 unspecified atom stereocenters. The van der Waals surface area contributed by atoms with Gasteiger partial charge >= 0.3 is 18.3 Å². The van der Waals surface area contributed by atoms with Gasteiger partial charge in [0.15, 0.2) is 6.29 Å². The Kier molecular flexibility index (Phi) is 11.8. The van der Waals surface area contributed by atoms with Gasteiger partial charge in [0.25, 0.3) is 0 Å². The molecule has 0 radical (unpaired) electrons. The van der Waals surface area contributed by atoms with Crippen LogP contribution in [0.2, 0.25) is 0 Å². The van der Waals surface area contributed by atoms with Crippen LogP contribution in [0.4, 0.5) is 20.1 Å². The minimum absolute atomic E-state index is 0.201. The van der Waals surface area contributed by atoms with Crippen LogP contribution in [0.3, 0.4) is 0 Å². The topological polar surface area (TPSA) is 110 Å². The van der Waals surface area contributed by atoms with Crippen molar-refractivity contribution in [1.29, 1.82) is 0 Å². The Morgan fingerprint density at radius 1 is 0.568 bits per heavy atom. The predicted octanol–water partition coefficient (Wildman–Crippen LogP) is 5.26. The third-order valence-corrected chi connectivity index (χ3v) is 6.67. The minimum Gasteiger partial charge on any atom is -0.444 e. The SMILES string of the molecule is CC(C)(C)OC(=O)N1CCN(C(=O)OC(C)(C)C)CCN(c2ccc(C3OCCO3)cc2)CCN(C(=O)OC(C)(C)C)CC1. The molecule has 0 bridgehead atoms. The number of rotatable bonds is 2. The normalized spacial score (nSPS) is 18.4. The van der Waals surface area contributed by atoms with E-state index in [2.05, 4.69) is 4.90 Å². The van der Waals surface area contributed by atoms with Crippen molar-refractivity contribution in [3.63, 3.8) is 0 Å². The molecular formula is C32H52N4O8. The van der Waals surface area contributed by atoms with E-state index in [1.807, 2.05) is 65.8 Å². The van der Waals surface area contributed by atoms with Gasteiger partial charge in [0.05, 0.1) is 13.2 Å². The second-order valence-corrected chi connectivity index (χ2v) is 14.1. The van der Waals surface area contributed by atoms with Crippen molar-refractivity contribution >= 4 is 24.0 Å². The summed E-state index contributed by atoms with van der Waals surface area (Å²) in [6.45, 7) is 19.9. The van der Waals surface area contributed by atoms with E-state index in [-0.39, 0.29) is 32.5 Å². The molecule has 0 aromatic heterocycles. The van der Waals surface area contributed by atoms with E-state index in [4.69, 9.17) is 23.7 Å². The minimum atomic E-state index is -0.706.